The quantitative estimate of drug-likeness (QED) is 0.658. The third kappa shape index (κ3) is 3.20. The topological polar surface area (TPSA) is 54.4 Å². The van der Waals surface area contributed by atoms with Gasteiger partial charge in [-0.15, -0.1) is 0 Å². The molecule has 0 aromatic carbocycles. The predicted molar refractivity (Wildman–Crippen MR) is 45.1 cm³/mol. The summed E-state index contributed by atoms with van der Waals surface area (Å²) in [6.45, 7) is 7.16. The van der Waals surface area contributed by atoms with Gasteiger partial charge in [0.25, 0.3) is 10.1 Å². The molecule has 0 aromatic rings. The molecule has 68 valence electrons. The molecule has 4 heteroatoms. The molecule has 0 spiro atoms. The van der Waals surface area contributed by atoms with Gasteiger partial charge >= 0.3 is 0 Å². The lowest BCUT2D eigenvalue weighted by molar-refractivity contribution is 0.344. The summed E-state index contributed by atoms with van der Waals surface area (Å²) in [4.78, 5) is 0. The molecule has 0 saturated carbocycles. The van der Waals surface area contributed by atoms with Gasteiger partial charge < -0.3 is 0 Å². The summed E-state index contributed by atoms with van der Waals surface area (Å²) in [5.74, 6) is 0. The van der Waals surface area contributed by atoms with Gasteiger partial charge in [0, 0.05) is 0 Å². The van der Waals surface area contributed by atoms with E-state index in [9.17, 15) is 8.42 Å². The highest BCUT2D eigenvalue weighted by Crippen LogP contribution is 2.27. The molecule has 0 heterocycles. The summed E-state index contributed by atoms with van der Waals surface area (Å²) in [7, 11) is -3.87. The smallest absolute Gasteiger partial charge is 0.268 e. The Morgan fingerprint density at radius 3 is 1.73 bits per heavy atom. The molecular weight excluding hydrogens is 164 g/mol. The van der Waals surface area contributed by atoms with Crippen LogP contribution in [0.5, 0.6) is 0 Å². The van der Waals surface area contributed by atoms with Crippen molar-refractivity contribution in [3.63, 3.8) is 0 Å². The highest BCUT2D eigenvalue weighted by atomic mass is 32.2. The van der Waals surface area contributed by atoms with Crippen molar-refractivity contribution in [2.75, 3.05) is 0 Å². The second-order valence-electron chi connectivity index (χ2n) is 3.78. The Kier molecular flexibility index (Phi) is 3.08. The maximum Gasteiger partial charge on any atom is 0.268 e. The number of hydrogen-bond acceptors (Lipinski definition) is 2. The molecule has 3 nitrogen and oxygen atoms in total. The van der Waals surface area contributed by atoms with E-state index in [1.807, 2.05) is 0 Å². The average molecular weight is 180 g/mol. The van der Waals surface area contributed by atoms with E-state index < -0.39 is 15.4 Å². The van der Waals surface area contributed by atoms with Crippen molar-refractivity contribution in [1.29, 1.82) is 0 Å². The van der Waals surface area contributed by atoms with E-state index in [4.69, 9.17) is 4.55 Å². The lowest BCUT2D eigenvalue weighted by Crippen LogP contribution is -2.33. The van der Waals surface area contributed by atoms with E-state index in [-0.39, 0.29) is 5.41 Å². The molecule has 0 fully saturated rings. The van der Waals surface area contributed by atoms with E-state index >= 15 is 0 Å². The van der Waals surface area contributed by atoms with Crippen molar-refractivity contribution < 1.29 is 13.0 Å². The summed E-state index contributed by atoms with van der Waals surface area (Å²) >= 11 is 0. The average Bonchev–Trinajstić information content (AvgIpc) is 1.56. The lowest BCUT2D eigenvalue weighted by atomic mass is 9.90. The SMILES string of the molecule is CCC(C(C)(C)C)S(=O)(=O)O. The Morgan fingerprint density at radius 2 is 1.73 bits per heavy atom. The molecule has 0 rings (SSSR count). The molecule has 1 atom stereocenters. The van der Waals surface area contributed by atoms with Crippen LogP contribution in [0.1, 0.15) is 34.1 Å². The zero-order valence-electron chi connectivity index (χ0n) is 7.46. The van der Waals surface area contributed by atoms with Crippen molar-refractivity contribution in [2.24, 2.45) is 5.41 Å². The van der Waals surface area contributed by atoms with Gasteiger partial charge in [0.2, 0.25) is 0 Å². The summed E-state index contributed by atoms with van der Waals surface area (Å²) in [6.07, 6.45) is 0.447. The van der Waals surface area contributed by atoms with Crippen LogP contribution in [0.2, 0.25) is 0 Å². The standard InChI is InChI=1S/C7H16O3S/c1-5-6(7(2,3)4)11(8,9)10/h6H,5H2,1-4H3,(H,8,9,10). The van der Waals surface area contributed by atoms with Crippen molar-refractivity contribution in [1.82, 2.24) is 0 Å². The van der Waals surface area contributed by atoms with Gasteiger partial charge in [0.15, 0.2) is 0 Å². The van der Waals surface area contributed by atoms with Crippen LogP contribution in [0.25, 0.3) is 0 Å². The fourth-order valence-corrected chi connectivity index (χ4v) is 2.58. The number of hydrogen-bond donors (Lipinski definition) is 1. The molecule has 1 unspecified atom stereocenters. The van der Waals surface area contributed by atoms with Crippen LogP contribution in [0.4, 0.5) is 0 Å². The van der Waals surface area contributed by atoms with Gasteiger partial charge in [-0.05, 0) is 11.8 Å². The Bertz CT molecular complexity index is 210. The third-order valence-corrected chi connectivity index (χ3v) is 3.46. The minimum Gasteiger partial charge on any atom is -0.285 e. The van der Waals surface area contributed by atoms with Crippen molar-refractivity contribution in [2.45, 2.75) is 39.4 Å². The molecule has 0 aliphatic carbocycles. The Morgan fingerprint density at radius 1 is 1.36 bits per heavy atom. The van der Waals surface area contributed by atoms with Crippen molar-refractivity contribution >= 4 is 10.1 Å². The van der Waals surface area contributed by atoms with Crippen LogP contribution in [0, 0.1) is 5.41 Å². The molecule has 0 aliphatic rings. The van der Waals surface area contributed by atoms with E-state index in [1.54, 1.807) is 27.7 Å². The Balaban J connectivity index is 4.72. The maximum atomic E-state index is 10.8. The predicted octanol–water partition coefficient (Wildman–Crippen LogP) is 1.70. The molecule has 0 saturated heterocycles. The van der Waals surface area contributed by atoms with Crippen LogP contribution < -0.4 is 0 Å². The van der Waals surface area contributed by atoms with E-state index in [0.29, 0.717) is 6.42 Å². The fourth-order valence-electron chi connectivity index (χ4n) is 1.27. The second kappa shape index (κ2) is 3.11. The maximum absolute atomic E-state index is 10.8. The molecule has 0 bridgehead atoms. The van der Waals surface area contributed by atoms with E-state index in [2.05, 4.69) is 0 Å². The summed E-state index contributed by atoms with van der Waals surface area (Å²) in [6, 6.07) is 0. The Hall–Kier alpha value is -0.0900. The summed E-state index contributed by atoms with van der Waals surface area (Å²) in [5.41, 5.74) is -0.387. The van der Waals surface area contributed by atoms with Crippen LogP contribution in [0.15, 0.2) is 0 Å². The summed E-state index contributed by atoms with van der Waals surface area (Å²) in [5, 5.41) is -0.657. The molecule has 0 amide bonds. The second-order valence-corrected chi connectivity index (χ2v) is 5.38. The van der Waals surface area contributed by atoms with Gasteiger partial charge in [0.05, 0.1) is 5.25 Å². The zero-order valence-corrected chi connectivity index (χ0v) is 8.27. The molecule has 0 radical (unpaired) electrons. The minimum atomic E-state index is -3.87. The Labute approximate surface area is 68.6 Å². The molecule has 0 aliphatic heterocycles. The first-order chi connectivity index (χ1) is 4.69. The van der Waals surface area contributed by atoms with Crippen molar-refractivity contribution in [3.05, 3.63) is 0 Å². The monoisotopic (exact) mass is 180 g/mol. The minimum absolute atomic E-state index is 0.387. The van der Waals surface area contributed by atoms with Gasteiger partial charge in [-0.3, -0.25) is 4.55 Å². The molecule has 11 heavy (non-hydrogen) atoms. The normalized spacial score (nSPS) is 16.5. The van der Waals surface area contributed by atoms with Gasteiger partial charge in [-0.25, -0.2) is 0 Å². The zero-order chi connectivity index (χ0) is 9.28. The first kappa shape index (κ1) is 10.9. The van der Waals surface area contributed by atoms with Crippen molar-refractivity contribution in [3.8, 4) is 0 Å². The van der Waals surface area contributed by atoms with Crippen LogP contribution >= 0.6 is 0 Å². The molecule has 0 aromatic heterocycles. The van der Waals surface area contributed by atoms with Gasteiger partial charge in [-0.1, -0.05) is 27.7 Å². The molecule has 1 N–H and O–H groups in total. The van der Waals surface area contributed by atoms with E-state index in [0.717, 1.165) is 0 Å². The largest absolute Gasteiger partial charge is 0.285 e. The number of rotatable bonds is 2. The van der Waals surface area contributed by atoms with Gasteiger partial charge in [-0.2, -0.15) is 8.42 Å². The van der Waals surface area contributed by atoms with E-state index in [1.165, 1.54) is 0 Å². The highest BCUT2D eigenvalue weighted by Gasteiger charge is 2.33. The van der Waals surface area contributed by atoms with Crippen LogP contribution in [-0.4, -0.2) is 18.2 Å². The molecular formula is C7H16O3S. The first-order valence-electron chi connectivity index (χ1n) is 3.66. The van der Waals surface area contributed by atoms with Crippen LogP contribution in [-0.2, 0) is 10.1 Å². The van der Waals surface area contributed by atoms with Crippen LogP contribution in [0.3, 0.4) is 0 Å². The van der Waals surface area contributed by atoms with Gasteiger partial charge in [0.1, 0.15) is 0 Å². The third-order valence-electron chi connectivity index (χ3n) is 1.70. The first-order valence-corrected chi connectivity index (χ1v) is 5.16. The fraction of sp³-hybridized carbons (Fsp3) is 1.00. The summed E-state index contributed by atoms with van der Waals surface area (Å²) < 4.78 is 30.3. The highest BCUT2D eigenvalue weighted by molar-refractivity contribution is 7.86. The lowest BCUT2D eigenvalue weighted by Gasteiger charge is -2.26.